The average molecular weight is 244 g/mol. The Labute approximate surface area is 108 Å². The highest BCUT2D eigenvalue weighted by Gasteiger charge is 2.17. The van der Waals surface area contributed by atoms with Crippen LogP contribution in [0.3, 0.4) is 0 Å². The van der Waals surface area contributed by atoms with Crippen LogP contribution in [-0.2, 0) is 19.9 Å². The van der Waals surface area contributed by atoms with E-state index in [9.17, 15) is 0 Å². The van der Waals surface area contributed by atoms with Crippen LogP contribution in [0.1, 0.15) is 30.8 Å². The molecule has 0 atom stereocenters. The van der Waals surface area contributed by atoms with Gasteiger partial charge in [-0.05, 0) is 31.4 Å². The lowest BCUT2D eigenvalue weighted by Gasteiger charge is -2.08. The van der Waals surface area contributed by atoms with E-state index in [-0.39, 0.29) is 0 Å². The molecule has 2 rings (SSSR count). The van der Waals surface area contributed by atoms with Gasteiger partial charge in [-0.25, -0.2) is 4.98 Å². The summed E-state index contributed by atoms with van der Waals surface area (Å²) in [7, 11) is 2.00. The van der Waals surface area contributed by atoms with Gasteiger partial charge in [0.15, 0.2) is 0 Å². The number of aromatic nitrogens is 3. The summed E-state index contributed by atoms with van der Waals surface area (Å²) in [5.74, 6) is 0.566. The first-order chi connectivity index (χ1) is 8.58. The van der Waals surface area contributed by atoms with Crippen LogP contribution in [-0.4, -0.2) is 14.8 Å². The molecule has 0 aliphatic carbocycles. The van der Waals surface area contributed by atoms with E-state index in [1.54, 1.807) is 0 Å². The molecule has 0 spiro atoms. The summed E-state index contributed by atoms with van der Waals surface area (Å²) in [6.45, 7) is 6.35. The van der Waals surface area contributed by atoms with Crippen LogP contribution in [0.5, 0.6) is 0 Å². The molecule has 0 saturated heterocycles. The lowest BCUT2D eigenvalue weighted by molar-refractivity contribution is 0.705. The van der Waals surface area contributed by atoms with Crippen molar-refractivity contribution in [3.63, 3.8) is 0 Å². The van der Waals surface area contributed by atoms with Crippen molar-refractivity contribution in [2.45, 2.75) is 33.6 Å². The van der Waals surface area contributed by atoms with Crippen LogP contribution < -0.4 is 5.73 Å². The Morgan fingerprint density at radius 1 is 1.28 bits per heavy atom. The number of pyridine rings is 1. The zero-order valence-corrected chi connectivity index (χ0v) is 11.5. The Bertz CT molecular complexity index is 569. The Kier molecular flexibility index (Phi) is 3.36. The van der Waals surface area contributed by atoms with E-state index < -0.39 is 0 Å². The number of anilines is 1. The molecule has 0 saturated carbocycles. The third-order valence-corrected chi connectivity index (χ3v) is 3.31. The second-order valence-electron chi connectivity index (χ2n) is 4.52. The summed E-state index contributed by atoms with van der Waals surface area (Å²) < 4.78 is 1.98. The summed E-state index contributed by atoms with van der Waals surface area (Å²) in [6.07, 6.45) is 3.75. The molecule has 18 heavy (non-hydrogen) atoms. The molecule has 2 aromatic rings. The third kappa shape index (κ3) is 1.98. The monoisotopic (exact) mass is 244 g/mol. The van der Waals surface area contributed by atoms with Crippen molar-refractivity contribution < 1.29 is 0 Å². The van der Waals surface area contributed by atoms with E-state index in [0.717, 1.165) is 29.7 Å². The minimum atomic E-state index is 0.566. The van der Waals surface area contributed by atoms with Crippen molar-refractivity contribution in [3.05, 3.63) is 29.2 Å². The lowest BCUT2D eigenvalue weighted by atomic mass is 9.98. The minimum absolute atomic E-state index is 0.566. The molecule has 0 amide bonds. The van der Waals surface area contributed by atoms with Crippen LogP contribution in [0.25, 0.3) is 11.1 Å². The molecule has 2 N–H and O–H groups in total. The third-order valence-electron chi connectivity index (χ3n) is 3.31. The topological polar surface area (TPSA) is 56.7 Å². The van der Waals surface area contributed by atoms with Gasteiger partial charge in [-0.15, -0.1) is 0 Å². The van der Waals surface area contributed by atoms with Gasteiger partial charge in [-0.2, -0.15) is 5.10 Å². The molecule has 4 heteroatoms. The molecular weight excluding hydrogens is 224 g/mol. The maximum absolute atomic E-state index is 5.72. The van der Waals surface area contributed by atoms with Crippen molar-refractivity contribution in [1.82, 2.24) is 14.8 Å². The van der Waals surface area contributed by atoms with E-state index in [0.29, 0.717) is 5.82 Å². The van der Waals surface area contributed by atoms with Crippen LogP contribution in [0.2, 0.25) is 0 Å². The van der Waals surface area contributed by atoms with Gasteiger partial charge in [-0.1, -0.05) is 13.8 Å². The highest BCUT2D eigenvalue weighted by molar-refractivity contribution is 5.72. The molecule has 0 aromatic carbocycles. The van der Waals surface area contributed by atoms with E-state index >= 15 is 0 Å². The van der Waals surface area contributed by atoms with Crippen LogP contribution >= 0.6 is 0 Å². The molecule has 0 fully saturated rings. The zero-order chi connectivity index (χ0) is 13.3. The molecular formula is C14H20N4. The fourth-order valence-electron chi connectivity index (χ4n) is 2.42. The minimum Gasteiger partial charge on any atom is -0.384 e. The number of hydrogen-bond donors (Lipinski definition) is 1. The van der Waals surface area contributed by atoms with Gasteiger partial charge in [0.25, 0.3) is 0 Å². The largest absolute Gasteiger partial charge is 0.384 e. The van der Waals surface area contributed by atoms with Crippen molar-refractivity contribution in [3.8, 4) is 11.1 Å². The number of nitrogen functional groups attached to an aromatic ring is 1. The first-order valence-electron chi connectivity index (χ1n) is 6.35. The smallest absolute Gasteiger partial charge is 0.123 e. The molecule has 0 unspecified atom stereocenters. The maximum Gasteiger partial charge on any atom is 0.123 e. The summed E-state index contributed by atoms with van der Waals surface area (Å²) in [4.78, 5) is 4.22. The van der Waals surface area contributed by atoms with Gasteiger partial charge < -0.3 is 5.73 Å². The average Bonchev–Trinajstić information content (AvgIpc) is 2.65. The number of rotatable bonds is 3. The molecule has 2 heterocycles. The van der Waals surface area contributed by atoms with E-state index in [1.807, 2.05) is 24.0 Å². The van der Waals surface area contributed by atoms with E-state index in [1.165, 1.54) is 11.3 Å². The van der Waals surface area contributed by atoms with Crippen LogP contribution in [0.15, 0.2) is 12.3 Å². The molecule has 96 valence electrons. The molecule has 0 bridgehead atoms. The van der Waals surface area contributed by atoms with Crippen LogP contribution in [0, 0.1) is 6.92 Å². The Morgan fingerprint density at radius 2 is 2.00 bits per heavy atom. The summed E-state index contributed by atoms with van der Waals surface area (Å²) in [5.41, 5.74) is 11.6. The standard InChI is InChI=1S/C14H20N4/c1-5-11-14(12(6-2)18(4)17-11)10-8-16-13(15)7-9(10)3/h7-8H,5-6H2,1-4H3,(H2,15,16). The van der Waals surface area contributed by atoms with Gasteiger partial charge in [0, 0.05) is 30.1 Å². The van der Waals surface area contributed by atoms with Crippen molar-refractivity contribution >= 4 is 5.82 Å². The fraction of sp³-hybridized carbons (Fsp3) is 0.429. The zero-order valence-electron chi connectivity index (χ0n) is 11.5. The Balaban J connectivity index is 2.69. The maximum atomic E-state index is 5.72. The van der Waals surface area contributed by atoms with Crippen LogP contribution in [0.4, 0.5) is 5.82 Å². The normalized spacial score (nSPS) is 10.9. The highest BCUT2D eigenvalue weighted by Crippen LogP contribution is 2.30. The van der Waals surface area contributed by atoms with E-state index in [4.69, 9.17) is 5.73 Å². The summed E-state index contributed by atoms with van der Waals surface area (Å²) in [6, 6.07) is 1.92. The molecule has 4 nitrogen and oxygen atoms in total. The molecule has 0 aliphatic rings. The predicted molar refractivity (Wildman–Crippen MR) is 74.3 cm³/mol. The van der Waals surface area contributed by atoms with Gasteiger partial charge in [0.1, 0.15) is 5.82 Å². The SMILES string of the molecule is CCc1nn(C)c(CC)c1-c1cnc(N)cc1C. The number of nitrogens with two attached hydrogens (primary N) is 1. The van der Waals surface area contributed by atoms with Crippen molar-refractivity contribution in [1.29, 1.82) is 0 Å². The second kappa shape index (κ2) is 4.80. The van der Waals surface area contributed by atoms with Gasteiger partial charge in [0.05, 0.1) is 5.69 Å². The number of aryl methyl sites for hydroxylation is 3. The quantitative estimate of drug-likeness (QED) is 0.902. The number of nitrogens with zero attached hydrogens (tertiary/aromatic N) is 3. The molecule has 2 aromatic heterocycles. The molecule has 0 radical (unpaired) electrons. The highest BCUT2D eigenvalue weighted by atomic mass is 15.3. The number of hydrogen-bond acceptors (Lipinski definition) is 3. The van der Waals surface area contributed by atoms with Gasteiger partial charge in [-0.3, -0.25) is 4.68 Å². The van der Waals surface area contributed by atoms with Gasteiger partial charge in [0.2, 0.25) is 0 Å². The summed E-state index contributed by atoms with van der Waals surface area (Å²) in [5, 5.41) is 4.60. The first-order valence-corrected chi connectivity index (χ1v) is 6.35. The van der Waals surface area contributed by atoms with Crippen molar-refractivity contribution in [2.24, 2.45) is 7.05 Å². The predicted octanol–water partition coefficient (Wildman–Crippen LogP) is 2.50. The fourth-order valence-corrected chi connectivity index (χ4v) is 2.42. The first kappa shape index (κ1) is 12.6. The lowest BCUT2D eigenvalue weighted by Crippen LogP contribution is -1.98. The Hall–Kier alpha value is -1.84. The summed E-state index contributed by atoms with van der Waals surface area (Å²) >= 11 is 0. The Morgan fingerprint density at radius 3 is 2.56 bits per heavy atom. The van der Waals surface area contributed by atoms with Crippen molar-refractivity contribution in [2.75, 3.05) is 5.73 Å². The second-order valence-corrected chi connectivity index (χ2v) is 4.52. The van der Waals surface area contributed by atoms with E-state index in [2.05, 4.69) is 30.9 Å². The van der Waals surface area contributed by atoms with Gasteiger partial charge >= 0.3 is 0 Å². The molecule has 0 aliphatic heterocycles.